The van der Waals surface area contributed by atoms with E-state index in [1.807, 2.05) is 54.6 Å². The lowest BCUT2D eigenvalue weighted by atomic mass is 10.1. The number of anilines is 1. The number of fused-ring (bicyclic) bond motifs is 3. The summed E-state index contributed by atoms with van der Waals surface area (Å²) >= 11 is 0. The monoisotopic (exact) mass is 426 g/mol. The van der Waals surface area contributed by atoms with Crippen molar-refractivity contribution >= 4 is 33.4 Å². The van der Waals surface area contributed by atoms with Crippen molar-refractivity contribution in [3.8, 4) is 5.75 Å². The van der Waals surface area contributed by atoms with Gasteiger partial charge in [0.1, 0.15) is 18.1 Å². The van der Waals surface area contributed by atoms with Crippen molar-refractivity contribution in [1.82, 2.24) is 14.9 Å². The standard InChI is InChI=1S/C26H26N4O2/c31-26(23-13-8-20-7-6-19-5-4-14-27-24(19)25(20)29-23)28-21-9-11-22(12-10-21)32-18-17-30-15-2-1-3-16-30/h4-14H,1-3,15-18H2,(H,28,31). The number of pyridine rings is 2. The number of nitrogens with zero attached hydrogens (tertiary/aromatic N) is 3. The van der Waals surface area contributed by atoms with Gasteiger partial charge < -0.3 is 10.1 Å². The van der Waals surface area contributed by atoms with E-state index < -0.39 is 0 Å². The van der Waals surface area contributed by atoms with E-state index in [2.05, 4.69) is 20.2 Å². The number of carbonyl (C=O) groups excluding carboxylic acids is 1. The number of benzene rings is 2. The second-order valence-corrected chi connectivity index (χ2v) is 8.14. The molecule has 5 rings (SSSR count). The third-order valence-corrected chi connectivity index (χ3v) is 5.90. The molecule has 0 atom stereocenters. The zero-order valence-electron chi connectivity index (χ0n) is 18.0. The Hall–Kier alpha value is -3.51. The molecule has 1 saturated heterocycles. The van der Waals surface area contributed by atoms with Gasteiger partial charge in [0.15, 0.2) is 0 Å². The topological polar surface area (TPSA) is 67.3 Å². The highest BCUT2D eigenvalue weighted by Crippen LogP contribution is 2.23. The first-order valence-corrected chi connectivity index (χ1v) is 11.2. The number of hydrogen-bond acceptors (Lipinski definition) is 5. The van der Waals surface area contributed by atoms with Crippen LogP contribution in [0.25, 0.3) is 21.8 Å². The van der Waals surface area contributed by atoms with E-state index in [1.54, 1.807) is 12.3 Å². The number of nitrogens with one attached hydrogen (secondary N) is 1. The molecule has 1 fully saturated rings. The Morgan fingerprint density at radius 2 is 1.66 bits per heavy atom. The van der Waals surface area contributed by atoms with Crippen LogP contribution in [-0.2, 0) is 0 Å². The van der Waals surface area contributed by atoms with Gasteiger partial charge in [0.2, 0.25) is 0 Å². The van der Waals surface area contributed by atoms with Gasteiger partial charge in [0.05, 0.1) is 11.0 Å². The second-order valence-electron chi connectivity index (χ2n) is 8.14. The summed E-state index contributed by atoms with van der Waals surface area (Å²) in [5, 5.41) is 4.88. The summed E-state index contributed by atoms with van der Waals surface area (Å²) < 4.78 is 5.87. The van der Waals surface area contributed by atoms with Crippen molar-refractivity contribution in [1.29, 1.82) is 0 Å². The first-order chi connectivity index (χ1) is 15.8. The van der Waals surface area contributed by atoms with Crippen LogP contribution in [0.2, 0.25) is 0 Å². The van der Waals surface area contributed by atoms with Gasteiger partial charge in [-0.3, -0.25) is 14.7 Å². The zero-order chi connectivity index (χ0) is 21.8. The summed E-state index contributed by atoms with van der Waals surface area (Å²) in [6.45, 7) is 3.97. The maximum atomic E-state index is 12.8. The highest BCUT2D eigenvalue weighted by atomic mass is 16.5. The van der Waals surface area contributed by atoms with Crippen molar-refractivity contribution in [3.05, 3.63) is 72.6 Å². The number of amides is 1. The maximum absolute atomic E-state index is 12.8. The number of ether oxygens (including phenoxy) is 1. The van der Waals surface area contributed by atoms with Crippen molar-refractivity contribution in [3.63, 3.8) is 0 Å². The molecule has 6 nitrogen and oxygen atoms in total. The fourth-order valence-electron chi connectivity index (χ4n) is 4.16. The van der Waals surface area contributed by atoms with Crippen molar-refractivity contribution in [2.45, 2.75) is 19.3 Å². The molecule has 32 heavy (non-hydrogen) atoms. The molecule has 0 bridgehead atoms. The minimum Gasteiger partial charge on any atom is -0.492 e. The van der Waals surface area contributed by atoms with Gasteiger partial charge in [-0.15, -0.1) is 0 Å². The maximum Gasteiger partial charge on any atom is 0.274 e. The lowest BCUT2D eigenvalue weighted by molar-refractivity contribution is 0.102. The van der Waals surface area contributed by atoms with Gasteiger partial charge in [-0.05, 0) is 62.3 Å². The first kappa shape index (κ1) is 20.4. The van der Waals surface area contributed by atoms with Crippen molar-refractivity contribution in [2.24, 2.45) is 0 Å². The van der Waals surface area contributed by atoms with Crippen LogP contribution in [0, 0.1) is 0 Å². The van der Waals surface area contributed by atoms with Crippen LogP contribution in [0.15, 0.2) is 66.9 Å². The summed E-state index contributed by atoms with van der Waals surface area (Å²) in [7, 11) is 0. The summed E-state index contributed by atoms with van der Waals surface area (Å²) in [6, 6.07) is 19.0. The molecule has 4 aromatic rings. The highest BCUT2D eigenvalue weighted by Gasteiger charge is 2.12. The normalized spacial score (nSPS) is 14.5. The molecule has 2 aromatic carbocycles. The van der Waals surface area contributed by atoms with Crippen LogP contribution in [0.5, 0.6) is 5.75 Å². The molecule has 162 valence electrons. The molecule has 3 heterocycles. The Morgan fingerprint density at radius 1 is 0.906 bits per heavy atom. The summed E-state index contributed by atoms with van der Waals surface area (Å²) in [5.41, 5.74) is 2.59. The minimum atomic E-state index is -0.251. The molecule has 0 unspecified atom stereocenters. The number of carbonyl (C=O) groups is 1. The molecule has 0 spiro atoms. The van der Waals surface area contributed by atoms with Crippen LogP contribution in [0.1, 0.15) is 29.8 Å². The largest absolute Gasteiger partial charge is 0.492 e. The lowest BCUT2D eigenvalue weighted by Crippen LogP contribution is -2.33. The second kappa shape index (κ2) is 9.32. The molecule has 2 aromatic heterocycles. The summed E-state index contributed by atoms with van der Waals surface area (Å²) in [6.07, 6.45) is 5.65. The molecule has 1 amide bonds. The SMILES string of the molecule is O=C(Nc1ccc(OCCN2CCCCC2)cc1)c1ccc2ccc3cccnc3c2n1. The van der Waals surface area contributed by atoms with Gasteiger partial charge in [0.25, 0.3) is 5.91 Å². The Kier molecular flexibility index (Phi) is 5.94. The molecule has 0 aliphatic carbocycles. The Balaban J connectivity index is 1.23. The number of piperidine rings is 1. The van der Waals surface area contributed by atoms with E-state index in [9.17, 15) is 4.79 Å². The molecule has 0 saturated carbocycles. The summed E-state index contributed by atoms with van der Waals surface area (Å²) in [5.74, 6) is 0.556. The van der Waals surface area contributed by atoms with Crippen molar-refractivity contribution in [2.75, 3.05) is 31.6 Å². The average Bonchev–Trinajstić information content (AvgIpc) is 2.85. The predicted molar refractivity (Wildman–Crippen MR) is 127 cm³/mol. The van der Waals surface area contributed by atoms with E-state index in [-0.39, 0.29) is 5.91 Å². The number of aromatic nitrogens is 2. The molecule has 1 aliphatic rings. The van der Waals surface area contributed by atoms with Crippen molar-refractivity contribution < 1.29 is 9.53 Å². The molecular formula is C26H26N4O2. The number of rotatable bonds is 6. The first-order valence-electron chi connectivity index (χ1n) is 11.2. The molecule has 6 heteroatoms. The number of hydrogen-bond donors (Lipinski definition) is 1. The smallest absolute Gasteiger partial charge is 0.274 e. The van der Waals surface area contributed by atoms with Gasteiger partial charge >= 0.3 is 0 Å². The third-order valence-electron chi connectivity index (χ3n) is 5.90. The zero-order valence-corrected chi connectivity index (χ0v) is 18.0. The van der Waals surface area contributed by atoms with Crippen LogP contribution in [0.4, 0.5) is 5.69 Å². The van der Waals surface area contributed by atoms with E-state index in [0.29, 0.717) is 18.0 Å². The Bertz CT molecular complexity index is 1230. The van der Waals surface area contributed by atoms with Crippen LogP contribution in [0.3, 0.4) is 0 Å². The van der Waals surface area contributed by atoms with E-state index >= 15 is 0 Å². The van der Waals surface area contributed by atoms with Crippen LogP contribution >= 0.6 is 0 Å². The molecular weight excluding hydrogens is 400 g/mol. The highest BCUT2D eigenvalue weighted by molar-refractivity contribution is 6.07. The van der Waals surface area contributed by atoms with E-state index in [1.165, 1.54) is 32.4 Å². The molecule has 0 radical (unpaired) electrons. The van der Waals surface area contributed by atoms with Gasteiger partial charge in [-0.25, -0.2) is 4.98 Å². The fourth-order valence-corrected chi connectivity index (χ4v) is 4.16. The molecule has 1 N–H and O–H groups in total. The van der Waals surface area contributed by atoms with Gasteiger partial charge in [0, 0.05) is 29.2 Å². The average molecular weight is 427 g/mol. The fraction of sp³-hybridized carbons (Fsp3) is 0.269. The van der Waals surface area contributed by atoms with Crippen LogP contribution < -0.4 is 10.1 Å². The molecule has 1 aliphatic heterocycles. The predicted octanol–water partition coefficient (Wildman–Crippen LogP) is 4.90. The van der Waals surface area contributed by atoms with E-state index in [4.69, 9.17) is 4.74 Å². The summed E-state index contributed by atoms with van der Waals surface area (Å²) in [4.78, 5) is 24.3. The Labute approximate surface area is 187 Å². The van der Waals surface area contributed by atoms with Gasteiger partial charge in [-0.2, -0.15) is 0 Å². The van der Waals surface area contributed by atoms with Gasteiger partial charge in [-0.1, -0.05) is 30.7 Å². The van der Waals surface area contributed by atoms with E-state index in [0.717, 1.165) is 34.1 Å². The quantitative estimate of drug-likeness (QED) is 0.444. The van der Waals surface area contributed by atoms with Crippen LogP contribution in [-0.4, -0.2) is 47.0 Å². The minimum absolute atomic E-state index is 0.251. The Morgan fingerprint density at radius 3 is 2.47 bits per heavy atom. The number of likely N-dealkylation sites (tertiary alicyclic amines) is 1. The third kappa shape index (κ3) is 4.55. The lowest BCUT2D eigenvalue weighted by Gasteiger charge is -2.26.